The van der Waals surface area contributed by atoms with Gasteiger partial charge in [0.25, 0.3) is 0 Å². The quantitative estimate of drug-likeness (QED) is 0.344. The van der Waals surface area contributed by atoms with Crippen LogP contribution in [-0.4, -0.2) is 45.8 Å². The van der Waals surface area contributed by atoms with Gasteiger partial charge in [0.1, 0.15) is 12.0 Å². The zero-order valence-electron chi connectivity index (χ0n) is 18.7. The van der Waals surface area contributed by atoms with Gasteiger partial charge < -0.3 is 13.4 Å². The molecule has 0 fully saturated rings. The van der Waals surface area contributed by atoms with Gasteiger partial charge in [0.15, 0.2) is 8.32 Å². The Balaban J connectivity index is 2.38. The molecule has 0 amide bonds. The van der Waals surface area contributed by atoms with Crippen molar-refractivity contribution in [1.82, 2.24) is 14.5 Å². The molecule has 0 bridgehead atoms. The van der Waals surface area contributed by atoms with E-state index in [1.807, 2.05) is 6.20 Å². The lowest BCUT2D eigenvalue weighted by molar-refractivity contribution is 0.0970. The summed E-state index contributed by atoms with van der Waals surface area (Å²) in [5.74, 6) is 0. The van der Waals surface area contributed by atoms with Crippen LogP contribution in [-0.2, 0) is 14.4 Å². The van der Waals surface area contributed by atoms with Gasteiger partial charge in [-0.05, 0) is 52.7 Å². The molecule has 156 valence electrons. The van der Waals surface area contributed by atoms with Gasteiger partial charge in [-0.3, -0.25) is 0 Å². The van der Waals surface area contributed by atoms with Crippen LogP contribution < -0.4 is 0 Å². The molecule has 0 spiro atoms. The number of nitrogens with zero attached hydrogens (tertiary/aromatic N) is 3. The first kappa shape index (κ1) is 24.0. The Hall–Kier alpha value is -0.296. The van der Waals surface area contributed by atoms with Crippen LogP contribution in [0.5, 0.6) is 0 Å². The Labute approximate surface area is 187 Å². The Kier molecular flexibility index (Phi) is 7.23. The zero-order valence-corrected chi connectivity index (χ0v) is 22.8. The minimum atomic E-state index is -1.89. The normalized spacial score (nSPS) is 15.8. The van der Waals surface area contributed by atoms with Gasteiger partial charge in [0, 0.05) is 16.0 Å². The molecule has 28 heavy (non-hydrogen) atoms. The number of halogens is 1. The number of hydrogen-bond acceptors (Lipinski definition) is 4. The first-order valence-corrected chi connectivity index (χ1v) is 14.6. The first-order chi connectivity index (χ1) is 12.7. The van der Waals surface area contributed by atoms with E-state index < -0.39 is 8.32 Å². The maximum atomic E-state index is 6.65. The van der Waals surface area contributed by atoms with Crippen LogP contribution in [0.4, 0.5) is 0 Å². The van der Waals surface area contributed by atoms with E-state index in [1.165, 1.54) is 0 Å². The van der Waals surface area contributed by atoms with Crippen LogP contribution in [0.25, 0.3) is 11.0 Å². The lowest BCUT2D eigenvalue weighted by atomic mass is 10.1. The summed E-state index contributed by atoms with van der Waals surface area (Å²) in [6.45, 7) is 21.4. The summed E-state index contributed by atoms with van der Waals surface area (Å²) in [5.41, 5.74) is 0.590. The van der Waals surface area contributed by atoms with E-state index in [-0.39, 0.29) is 15.6 Å². The van der Waals surface area contributed by atoms with E-state index in [0.717, 1.165) is 14.6 Å². The molecule has 0 N–H and O–H groups in total. The SMILES string of the molecule is CC(C)(C)[Si]OCC(C)(CO[Si](C)(C)C(C)(C)C)n1cc(I)c2cncnc21. The van der Waals surface area contributed by atoms with Crippen molar-refractivity contribution in [3.05, 3.63) is 22.3 Å². The molecule has 0 saturated carbocycles. The second-order valence-electron chi connectivity index (χ2n) is 10.3. The molecular formula is C20H34IN3O2Si2. The number of hydrogen-bond donors (Lipinski definition) is 0. The van der Waals surface area contributed by atoms with E-state index in [4.69, 9.17) is 8.85 Å². The Morgan fingerprint density at radius 2 is 1.75 bits per heavy atom. The van der Waals surface area contributed by atoms with Crippen molar-refractivity contribution < 1.29 is 8.85 Å². The number of fused-ring (bicyclic) bond motifs is 1. The van der Waals surface area contributed by atoms with E-state index in [0.29, 0.717) is 23.0 Å². The lowest BCUT2D eigenvalue weighted by Gasteiger charge is -2.40. The molecule has 2 radical (unpaired) electrons. The maximum Gasteiger partial charge on any atom is 0.235 e. The summed E-state index contributed by atoms with van der Waals surface area (Å²) in [6, 6.07) is 0. The highest BCUT2D eigenvalue weighted by Gasteiger charge is 2.40. The molecule has 1 unspecified atom stereocenters. The second-order valence-corrected chi connectivity index (χ2v) is 18.3. The van der Waals surface area contributed by atoms with Crippen molar-refractivity contribution in [2.75, 3.05) is 13.2 Å². The van der Waals surface area contributed by atoms with Crippen molar-refractivity contribution in [3.8, 4) is 0 Å². The van der Waals surface area contributed by atoms with Gasteiger partial charge in [0.2, 0.25) is 9.76 Å². The Morgan fingerprint density at radius 3 is 2.32 bits per heavy atom. The minimum Gasteiger partial charge on any atom is -0.414 e. The average molecular weight is 532 g/mol. The third kappa shape index (κ3) is 5.65. The lowest BCUT2D eigenvalue weighted by Crippen LogP contribution is -2.48. The predicted octanol–water partition coefficient (Wildman–Crippen LogP) is 5.63. The Morgan fingerprint density at radius 1 is 1.11 bits per heavy atom. The zero-order chi connectivity index (χ0) is 21.4. The second kappa shape index (κ2) is 8.45. The van der Waals surface area contributed by atoms with Crippen LogP contribution in [0.15, 0.2) is 18.7 Å². The molecule has 0 saturated heterocycles. The summed E-state index contributed by atoms with van der Waals surface area (Å²) in [6.07, 6.45) is 5.65. The summed E-state index contributed by atoms with van der Waals surface area (Å²) < 4.78 is 16.2. The van der Waals surface area contributed by atoms with Crippen LogP contribution in [0, 0.1) is 3.57 Å². The largest absolute Gasteiger partial charge is 0.414 e. The van der Waals surface area contributed by atoms with E-state index in [2.05, 4.69) is 105 Å². The fourth-order valence-electron chi connectivity index (χ4n) is 2.48. The standard InChI is InChI=1S/C20H34IN3O2Si2/c1-18(2,3)27-25-12-20(7,13-26-28(8,9)19(4,5)6)24-11-16(21)15-10-22-14-23-17(15)24/h10-11,14H,12-13H2,1-9H3. The predicted molar refractivity (Wildman–Crippen MR) is 128 cm³/mol. The summed E-state index contributed by atoms with van der Waals surface area (Å²) >= 11 is 2.35. The van der Waals surface area contributed by atoms with Crippen molar-refractivity contribution in [2.45, 2.75) is 77.2 Å². The highest BCUT2D eigenvalue weighted by Crippen LogP contribution is 2.38. The molecule has 0 aliphatic heterocycles. The molecule has 2 aromatic heterocycles. The van der Waals surface area contributed by atoms with Gasteiger partial charge in [-0.25, -0.2) is 9.97 Å². The van der Waals surface area contributed by atoms with E-state index in [1.54, 1.807) is 6.33 Å². The maximum absolute atomic E-state index is 6.65. The van der Waals surface area contributed by atoms with Gasteiger partial charge in [-0.15, -0.1) is 0 Å². The summed E-state index contributed by atoms with van der Waals surface area (Å²) in [7, 11) is -1.45. The molecule has 5 nitrogen and oxygen atoms in total. The fourth-order valence-corrected chi connectivity index (χ4v) is 5.06. The monoisotopic (exact) mass is 531 g/mol. The van der Waals surface area contributed by atoms with Crippen molar-refractivity contribution >= 4 is 51.7 Å². The Bertz CT molecular complexity index is 812. The topological polar surface area (TPSA) is 49.2 Å². The van der Waals surface area contributed by atoms with Gasteiger partial charge >= 0.3 is 0 Å². The van der Waals surface area contributed by atoms with Gasteiger partial charge in [-0.1, -0.05) is 41.5 Å². The number of rotatable bonds is 7. The van der Waals surface area contributed by atoms with Gasteiger partial charge in [0.05, 0.1) is 24.1 Å². The van der Waals surface area contributed by atoms with Crippen molar-refractivity contribution in [1.29, 1.82) is 0 Å². The van der Waals surface area contributed by atoms with E-state index in [9.17, 15) is 0 Å². The fraction of sp³-hybridized carbons (Fsp3) is 0.700. The first-order valence-electron chi connectivity index (χ1n) is 9.66. The molecule has 0 aliphatic carbocycles. The van der Waals surface area contributed by atoms with Crippen LogP contribution in [0.1, 0.15) is 48.5 Å². The summed E-state index contributed by atoms with van der Waals surface area (Å²) in [4.78, 5) is 8.77. The molecule has 2 heterocycles. The average Bonchev–Trinajstić information content (AvgIpc) is 2.89. The van der Waals surface area contributed by atoms with E-state index >= 15 is 0 Å². The minimum absolute atomic E-state index is 0.149. The molecule has 2 aromatic rings. The molecule has 1 atom stereocenters. The molecular weight excluding hydrogens is 497 g/mol. The smallest absolute Gasteiger partial charge is 0.235 e. The van der Waals surface area contributed by atoms with Crippen LogP contribution >= 0.6 is 22.6 Å². The molecule has 2 rings (SSSR count). The molecule has 0 aromatic carbocycles. The third-order valence-corrected chi connectivity index (χ3v) is 11.6. The summed E-state index contributed by atoms with van der Waals surface area (Å²) in [5, 5.41) is 1.38. The highest BCUT2D eigenvalue weighted by molar-refractivity contribution is 14.1. The van der Waals surface area contributed by atoms with Gasteiger partial charge in [-0.2, -0.15) is 0 Å². The van der Waals surface area contributed by atoms with Crippen LogP contribution in [0.3, 0.4) is 0 Å². The van der Waals surface area contributed by atoms with Crippen molar-refractivity contribution in [2.24, 2.45) is 0 Å². The van der Waals surface area contributed by atoms with Crippen LogP contribution in [0.2, 0.25) is 23.2 Å². The highest BCUT2D eigenvalue weighted by atomic mass is 127. The third-order valence-electron chi connectivity index (χ3n) is 5.31. The molecule has 0 aliphatic rings. The number of aromatic nitrogens is 3. The van der Waals surface area contributed by atoms with Crippen molar-refractivity contribution in [3.63, 3.8) is 0 Å². The molecule has 8 heteroatoms.